The molecule has 0 aliphatic carbocycles. The quantitative estimate of drug-likeness (QED) is 0.583. The van der Waals surface area contributed by atoms with Gasteiger partial charge in [0.25, 0.3) is 0 Å². The van der Waals surface area contributed by atoms with Crippen molar-refractivity contribution in [1.29, 1.82) is 0 Å². The van der Waals surface area contributed by atoms with Crippen molar-refractivity contribution in [2.24, 2.45) is 0 Å². The minimum absolute atomic E-state index is 0.205. The standard InChI is InChI=1S/C10H23O3P/c1-6-9(4)12-14(11-8-3)13-10(5)7-2/h9-10H,6-8H2,1-5H3. The van der Waals surface area contributed by atoms with E-state index in [-0.39, 0.29) is 12.2 Å². The minimum Gasteiger partial charge on any atom is -0.313 e. The van der Waals surface area contributed by atoms with Crippen molar-refractivity contribution < 1.29 is 13.6 Å². The maximum absolute atomic E-state index is 5.63. The van der Waals surface area contributed by atoms with Crippen molar-refractivity contribution in [2.45, 2.75) is 59.7 Å². The Morgan fingerprint density at radius 3 is 1.64 bits per heavy atom. The summed E-state index contributed by atoms with van der Waals surface area (Å²) in [7, 11) is -1.15. The maximum Gasteiger partial charge on any atom is 0.333 e. The van der Waals surface area contributed by atoms with Gasteiger partial charge in [0.05, 0.1) is 18.8 Å². The van der Waals surface area contributed by atoms with Gasteiger partial charge in [-0.2, -0.15) is 0 Å². The molecule has 2 unspecified atom stereocenters. The van der Waals surface area contributed by atoms with Crippen LogP contribution in [0.25, 0.3) is 0 Å². The summed E-state index contributed by atoms with van der Waals surface area (Å²) in [5.41, 5.74) is 0. The van der Waals surface area contributed by atoms with Gasteiger partial charge in [0, 0.05) is 0 Å². The summed E-state index contributed by atoms with van der Waals surface area (Å²) in [6.07, 6.45) is 2.37. The van der Waals surface area contributed by atoms with E-state index in [9.17, 15) is 0 Å². The van der Waals surface area contributed by atoms with Gasteiger partial charge in [-0.15, -0.1) is 0 Å². The molecule has 0 N–H and O–H groups in total. The van der Waals surface area contributed by atoms with Crippen LogP contribution in [0.5, 0.6) is 0 Å². The molecule has 4 heteroatoms. The number of rotatable bonds is 8. The van der Waals surface area contributed by atoms with E-state index in [4.69, 9.17) is 13.6 Å². The first-order valence-corrected chi connectivity index (χ1v) is 6.50. The predicted molar refractivity (Wildman–Crippen MR) is 60.2 cm³/mol. The first-order valence-electron chi connectivity index (χ1n) is 5.40. The number of hydrogen-bond acceptors (Lipinski definition) is 3. The van der Waals surface area contributed by atoms with E-state index < -0.39 is 8.60 Å². The lowest BCUT2D eigenvalue weighted by molar-refractivity contribution is 0.100. The second-order valence-corrected chi connectivity index (χ2v) is 4.42. The molecule has 0 fully saturated rings. The summed E-state index contributed by atoms with van der Waals surface area (Å²) in [5.74, 6) is 0. The molecule has 0 amide bonds. The first-order chi connectivity index (χ1) is 6.63. The average Bonchev–Trinajstić information content (AvgIpc) is 2.17. The molecule has 14 heavy (non-hydrogen) atoms. The van der Waals surface area contributed by atoms with Gasteiger partial charge in [-0.1, -0.05) is 13.8 Å². The van der Waals surface area contributed by atoms with Crippen molar-refractivity contribution in [2.75, 3.05) is 6.61 Å². The average molecular weight is 222 g/mol. The van der Waals surface area contributed by atoms with E-state index in [0.717, 1.165) is 12.8 Å². The lowest BCUT2D eigenvalue weighted by atomic mass is 10.3. The topological polar surface area (TPSA) is 27.7 Å². The van der Waals surface area contributed by atoms with Crippen molar-refractivity contribution in [3.63, 3.8) is 0 Å². The van der Waals surface area contributed by atoms with E-state index in [1.165, 1.54) is 0 Å². The highest BCUT2D eigenvalue weighted by Crippen LogP contribution is 2.42. The monoisotopic (exact) mass is 222 g/mol. The molecule has 0 spiro atoms. The van der Waals surface area contributed by atoms with Gasteiger partial charge in [0.1, 0.15) is 0 Å². The third-order valence-corrected chi connectivity index (χ3v) is 3.45. The molecule has 0 aliphatic rings. The zero-order chi connectivity index (χ0) is 11.0. The third kappa shape index (κ3) is 6.72. The predicted octanol–water partition coefficient (Wildman–Crippen LogP) is 3.88. The van der Waals surface area contributed by atoms with E-state index in [1.54, 1.807) is 0 Å². The summed E-state index contributed by atoms with van der Waals surface area (Å²) in [6.45, 7) is 10.8. The van der Waals surface area contributed by atoms with Gasteiger partial charge in [0.15, 0.2) is 0 Å². The van der Waals surface area contributed by atoms with Gasteiger partial charge < -0.3 is 13.6 Å². The fourth-order valence-corrected chi connectivity index (χ4v) is 1.90. The second kappa shape index (κ2) is 8.60. The van der Waals surface area contributed by atoms with Crippen LogP contribution in [0.2, 0.25) is 0 Å². The van der Waals surface area contributed by atoms with Crippen LogP contribution in [0, 0.1) is 0 Å². The van der Waals surface area contributed by atoms with E-state index >= 15 is 0 Å². The molecular formula is C10H23O3P. The third-order valence-electron chi connectivity index (χ3n) is 1.92. The molecule has 0 aromatic rings. The molecule has 0 heterocycles. The summed E-state index contributed by atoms with van der Waals surface area (Å²) >= 11 is 0. The summed E-state index contributed by atoms with van der Waals surface area (Å²) in [6, 6.07) is 0. The molecule has 2 atom stereocenters. The molecular weight excluding hydrogens is 199 g/mol. The Hall–Kier alpha value is 0.310. The van der Waals surface area contributed by atoms with Crippen LogP contribution in [0.3, 0.4) is 0 Å². The Kier molecular flexibility index (Phi) is 8.80. The van der Waals surface area contributed by atoms with Crippen molar-refractivity contribution in [3.8, 4) is 0 Å². The second-order valence-electron chi connectivity index (χ2n) is 3.29. The molecule has 0 radical (unpaired) electrons. The van der Waals surface area contributed by atoms with Crippen molar-refractivity contribution in [3.05, 3.63) is 0 Å². The van der Waals surface area contributed by atoms with Crippen molar-refractivity contribution in [1.82, 2.24) is 0 Å². The fourth-order valence-electron chi connectivity index (χ4n) is 0.634. The number of hydrogen-bond donors (Lipinski definition) is 0. The van der Waals surface area contributed by atoms with Gasteiger partial charge in [0.2, 0.25) is 0 Å². The normalized spacial score (nSPS) is 17.8. The molecule has 0 bridgehead atoms. The molecule has 0 saturated carbocycles. The van der Waals surface area contributed by atoms with Gasteiger partial charge in [-0.3, -0.25) is 0 Å². The zero-order valence-electron chi connectivity index (χ0n) is 9.95. The van der Waals surface area contributed by atoms with Crippen LogP contribution >= 0.6 is 8.60 Å². The van der Waals surface area contributed by atoms with Crippen LogP contribution in [0.4, 0.5) is 0 Å². The highest BCUT2D eigenvalue weighted by molar-refractivity contribution is 7.41. The maximum atomic E-state index is 5.63. The Labute approximate surface area is 89.1 Å². The van der Waals surface area contributed by atoms with Crippen LogP contribution < -0.4 is 0 Å². The molecule has 3 nitrogen and oxygen atoms in total. The van der Waals surface area contributed by atoms with Crippen LogP contribution in [0.15, 0.2) is 0 Å². The van der Waals surface area contributed by atoms with E-state index in [2.05, 4.69) is 13.8 Å². The smallest absolute Gasteiger partial charge is 0.313 e. The highest BCUT2D eigenvalue weighted by Gasteiger charge is 2.17. The SMILES string of the molecule is CCOP(OC(C)CC)OC(C)CC. The van der Waals surface area contributed by atoms with Crippen molar-refractivity contribution >= 4 is 8.60 Å². The minimum atomic E-state index is -1.15. The van der Waals surface area contributed by atoms with Crippen LogP contribution in [-0.2, 0) is 13.6 Å². The van der Waals surface area contributed by atoms with Gasteiger partial charge in [-0.05, 0) is 33.6 Å². The summed E-state index contributed by atoms with van der Waals surface area (Å²) in [4.78, 5) is 0. The Morgan fingerprint density at radius 1 is 0.929 bits per heavy atom. The Bertz CT molecular complexity index is 121. The van der Waals surface area contributed by atoms with E-state index in [1.807, 2.05) is 20.8 Å². The van der Waals surface area contributed by atoms with Gasteiger partial charge in [-0.25, -0.2) is 0 Å². The van der Waals surface area contributed by atoms with Crippen LogP contribution in [0.1, 0.15) is 47.5 Å². The summed E-state index contributed by atoms with van der Waals surface area (Å²) in [5, 5.41) is 0. The molecule has 0 saturated heterocycles. The Balaban J connectivity index is 3.88. The van der Waals surface area contributed by atoms with E-state index in [0.29, 0.717) is 6.61 Å². The largest absolute Gasteiger partial charge is 0.333 e. The highest BCUT2D eigenvalue weighted by atomic mass is 31.2. The molecule has 0 aliphatic heterocycles. The lowest BCUT2D eigenvalue weighted by Crippen LogP contribution is -2.10. The summed E-state index contributed by atoms with van der Waals surface area (Å²) < 4.78 is 16.7. The Morgan fingerprint density at radius 2 is 1.36 bits per heavy atom. The first kappa shape index (κ1) is 14.3. The van der Waals surface area contributed by atoms with Crippen LogP contribution in [-0.4, -0.2) is 18.8 Å². The zero-order valence-corrected chi connectivity index (χ0v) is 10.8. The molecule has 0 rings (SSSR count). The lowest BCUT2D eigenvalue weighted by Gasteiger charge is -2.22. The fraction of sp³-hybridized carbons (Fsp3) is 1.00. The molecule has 0 aromatic heterocycles. The molecule has 86 valence electrons. The molecule has 0 aromatic carbocycles. The van der Waals surface area contributed by atoms with Gasteiger partial charge >= 0.3 is 8.60 Å².